The van der Waals surface area contributed by atoms with Crippen LogP contribution < -0.4 is 0 Å². The van der Waals surface area contributed by atoms with E-state index in [0.29, 0.717) is 0 Å². The summed E-state index contributed by atoms with van der Waals surface area (Å²) < 4.78 is 5.02. The second-order valence-corrected chi connectivity index (χ2v) is 2.79. The summed E-state index contributed by atoms with van der Waals surface area (Å²) in [6.45, 7) is 5.52. The molecule has 2 nitrogen and oxygen atoms in total. The number of methoxy groups -OCH3 is 1. The lowest BCUT2D eigenvalue weighted by molar-refractivity contribution is -0.121. The van der Waals surface area contributed by atoms with Gasteiger partial charge < -0.3 is 4.74 Å². The molecule has 0 saturated carbocycles. The molecule has 0 radical (unpaired) electrons. The minimum absolute atomic E-state index is 0.134. The fourth-order valence-electron chi connectivity index (χ4n) is 0.760. The van der Waals surface area contributed by atoms with Crippen molar-refractivity contribution in [1.82, 2.24) is 0 Å². The molecule has 2 atom stereocenters. The molecule has 0 aliphatic carbocycles. The smallest absolute Gasteiger partial charge is 0.132 e. The molecule has 2 unspecified atom stereocenters. The molecule has 0 saturated heterocycles. The highest BCUT2D eigenvalue weighted by atomic mass is 16.5. The Morgan fingerprint density at radius 2 is 2.00 bits per heavy atom. The molecule has 0 aliphatic heterocycles. The van der Waals surface area contributed by atoms with E-state index in [9.17, 15) is 4.79 Å². The van der Waals surface area contributed by atoms with Gasteiger partial charge in [-0.3, -0.25) is 4.79 Å². The number of hydrogen-bond acceptors (Lipinski definition) is 2. The van der Waals surface area contributed by atoms with Crippen LogP contribution >= 0.6 is 0 Å². The molecule has 0 aromatic heterocycles. The van der Waals surface area contributed by atoms with Crippen LogP contribution in [-0.2, 0) is 9.53 Å². The van der Waals surface area contributed by atoms with Gasteiger partial charge in [-0.2, -0.15) is 0 Å². The standard InChI is InChI=1S/C8H16O2/c1-6(8(3)9)5-7(2)10-4/h6-7H,5H2,1-4H3. The predicted octanol–water partition coefficient (Wildman–Crippen LogP) is 1.64. The van der Waals surface area contributed by atoms with E-state index in [2.05, 4.69) is 0 Å². The third-order valence-electron chi connectivity index (χ3n) is 1.78. The van der Waals surface area contributed by atoms with Crippen molar-refractivity contribution in [2.45, 2.75) is 33.3 Å². The number of carbonyl (C=O) groups excluding carboxylic acids is 1. The summed E-state index contributed by atoms with van der Waals surface area (Å²) in [4.78, 5) is 10.7. The van der Waals surface area contributed by atoms with E-state index in [0.717, 1.165) is 6.42 Å². The second kappa shape index (κ2) is 4.45. The number of rotatable bonds is 4. The van der Waals surface area contributed by atoms with Gasteiger partial charge in [0.25, 0.3) is 0 Å². The van der Waals surface area contributed by atoms with Crippen LogP contribution in [0, 0.1) is 5.92 Å². The van der Waals surface area contributed by atoms with Crippen molar-refractivity contribution in [3.63, 3.8) is 0 Å². The van der Waals surface area contributed by atoms with Crippen LogP contribution in [-0.4, -0.2) is 19.0 Å². The maximum Gasteiger partial charge on any atom is 0.132 e. The van der Waals surface area contributed by atoms with Crippen LogP contribution in [0.3, 0.4) is 0 Å². The van der Waals surface area contributed by atoms with Crippen LogP contribution in [0.2, 0.25) is 0 Å². The maximum absolute atomic E-state index is 10.7. The summed E-state index contributed by atoms with van der Waals surface area (Å²) in [7, 11) is 1.66. The third kappa shape index (κ3) is 3.62. The molecule has 0 aromatic rings. The van der Waals surface area contributed by atoms with Crippen molar-refractivity contribution < 1.29 is 9.53 Å². The minimum atomic E-state index is 0.134. The van der Waals surface area contributed by atoms with Crippen molar-refractivity contribution >= 4 is 5.78 Å². The zero-order chi connectivity index (χ0) is 8.15. The van der Waals surface area contributed by atoms with Gasteiger partial charge >= 0.3 is 0 Å². The first-order valence-electron chi connectivity index (χ1n) is 3.61. The molecule has 0 amide bonds. The zero-order valence-electron chi connectivity index (χ0n) is 7.18. The molecular weight excluding hydrogens is 128 g/mol. The first-order chi connectivity index (χ1) is 4.57. The highest BCUT2D eigenvalue weighted by molar-refractivity contribution is 5.77. The SMILES string of the molecule is COC(C)CC(C)C(C)=O. The molecule has 60 valence electrons. The van der Waals surface area contributed by atoms with Gasteiger partial charge in [0.15, 0.2) is 0 Å². The number of Topliss-reactive ketones (excluding diaryl/α,β-unsaturated/α-hetero) is 1. The molecular formula is C8H16O2. The van der Waals surface area contributed by atoms with E-state index in [1.165, 1.54) is 0 Å². The molecule has 0 aliphatic rings. The molecule has 2 heteroatoms. The summed E-state index contributed by atoms with van der Waals surface area (Å²) in [6, 6.07) is 0. The lowest BCUT2D eigenvalue weighted by atomic mass is 10.0. The van der Waals surface area contributed by atoms with Crippen LogP contribution in [0.5, 0.6) is 0 Å². The first-order valence-corrected chi connectivity index (χ1v) is 3.61. The normalized spacial score (nSPS) is 16.4. The number of carbonyl (C=O) groups is 1. The van der Waals surface area contributed by atoms with E-state index in [-0.39, 0.29) is 17.8 Å². The fraction of sp³-hybridized carbons (Fsp3) is 0.875. The van der Waals surface area contributed by atoms with E-state index in [1.54, 1.807) is 14.0 Å². The van der Waals surface area contributed by atoms with E-state index in [4.69, 9.17) is 4.74 Å². The van der Waals surface area contributed by atoms with Crippen LogP contribution in [0.1, 0.15) is 27.2 Å². The molecule has 0 fully saturated rings. The monoisotopic (exact) mass is 144 g/mol. The topological polar surface area (TPSA) is 26.3 Å². The van der Waals surface area contributed by atoms with Crippen molar-refractivity contribution in [2.75, 3.05) is 7.11 Å². The Hall–Kier alpha value is -0.370. The summed E-state index contributed by atoms with van der Waals surface area (Å²) in [5.74, 6) is 0.374. The molecule has 0 N–H and O–H groups in total. The minimum Gasteiger partial charge on any atom is -0.382 e. The lowest BCUT2D eigenvalue weighted by Gasteiger charge is -2.12. The van der Waals surface area contributed by atoms with Gasteiger partial charge in [-0.1, -0.05) is 6.92 Å². The van der Waals surface area contributed by atoms with Gasteiger partial charge in [0, 0.05) is 13.0 Å². The van der Waals surface area contributed by atoms with Crippen molar-refractivity contribution in [2.24, 2.45) is 5.92 Å². The Morgan fingerprint density at radius 1 is 1.50 bits per heavy atom. The summed E-state index contributed by atoms with van der Waals surface area (Å²) in [5, 5.41) is 0. The highest BCUT2D eigenvalue weighted by Crippen LogP contribution is 2.08. The molecule has 0 spiro atoms. The molecule has 0 aromatic carbocycles. The highest BCUT2D eigenvalue weighted by Gasteiger charge is 2.11. The van der Waals surface area contributed by atoms with Crippen molar-refractivity contribution in [1.29, 1.82) is 0 Å². The Labute approximate surface area is 62.6 Å². The molecule has 0 bridgehead atoms. The summed E-state index contributed by atoms with van der Waals surface area (Å²) in [6.07, 6.45) is 1.02. The van der Waals surface area contributed by atoms with E-state index < -0.39 is 0 Å². The van der Waals surface area contributed by atoms with Crippen LogP contribution in [0.4, 0.5) is 0 Å². The van der Waals surface area contributed by atoms with Crippen LogP contribution in [0.15, 0.2) is 0 Å². The molecule has 10 heavy (non-hydrogen) atoms. The summed E-state index contributed by atoms with van der Waals surface area (Å²) in [5.41, 5.74) is 0. The maximum atomic E-state index is 10.7. The average Bonchev–Trinajstić information content (AvgIpc) is 1.87. The average molecular weight is 144 g/mol. The Kier molecular flexibility index (Phi) is 4.28. The first kappa shape index (κ1) is 9.63. The Balaban J connectivity index is 3.56. The van der Waals surface area contributed by atoms with Crippen LogP contribution in [0.25, 0.3) is 0 Å². The van der Waals surface area contributed by atoms with Gasteiger partial charge in [0.1, 0.15) is 5.78 Å². The number of ether oxygens (including phenoxy) is 1. The quantitative estimate of drug-likeness (QED) is 0.599. The van der Waals surface area contributed by atoms with Crippen molar-refractivity contribution in [3.8, 4) is 0 Å². The van der Waals surface area contributed by atoms with E-state index >= 15 is 0 Å². The zero-order valence-corrected chi connectivity index (χ0v) is 7.18. The third-order valence-corrected chi connectivity index (χ3v) is 1.78. The summed E-state index contributed by atoms with van der Waals surface area (Å²) >= 11 is 0. The molecule has 0 rings (SSSR count). The van der Waals surface area contributed by atoms with E-state index in [1.807, 2.05) is 13.8 Å². The Bertz CT molecular complexity index is 110. The van der Waals surface area contributed by atoms with Gasteiger partial charge in [0.2, 0.25) is 0 Å². The van der Waals surface area contributed by atoms with Gasteiger partial charge in [-0.25, -0.2) is 0 Å². The Morgan fingerprint density at radius 3 is 2.30 bits per heavy atom. The second-order valence-electron chi connectivity index (χ2n) is 2.79. The fourth-order valence-corrected chi connectivity index (χ4v) is 0.760. The number of ketones is 1. The predicted molar refractivity (Wildman–Crippen MR) is 40.9 cm³/mol. The lowest BCUT2D eigenvalue weighted by Crippen LogP contribution is -2.15. The van der Waals surface area contributed by atoms with Gasteiger partial charge in [0.05, 0.1) is 6.10 Å². The largest absolute Gasteiger partial charge is 0.382 e. The van der Waals surface area contributed by atoms with Gasteiger partial charge in [-0.05, 0) is 20.3 Å². The number of hydrogen-bond donors (Lipinski definition) is 0. The molecule has 0 heterocycles. The van der Waals surface area contributed by atoms with Gasteiger partial charge in [-0.15, -0.1) is 0 Å². The van der Waals surface area contributed by atoms with Crippen molar-refractivity contribution in [3.05, 3.63) is 0 Å².